The van der Waals surface area contributed by atoms with Crippen LogP contribution in [0.2, 0.25) is 0 Å². The Labute approximate surface area is 155 Å². The van der Waals surface area contributed by atoms with Gasteiger partial charge in [-0.3, -0.25) is 0 Å². The minimum Gasteiger partial charge on any atom is -1.00 e. The fourth-order valence-electron chi connectivity index (χ4n) is 2.63. The van der Waals surface area contributed by atoms with Crippen LogP contribution >= 0.6 is 11.5 Å². The monoisotopic (exact) mass is 397 g/mol. The summed E-state index contributed by atoms with van der Waals surface area (Å²) in [6, 6.07) is 4.22. The van der Waals surface area contributed by atoms with Gasteiger partial charge in [-0.25, -0.2) is 9.55 Å². The molecule has 0 amide bonds. The summed E-state index contributed by atoms with van der Waals surface area (Å²) < 4.78 is 6.54. The molecule has 0 radical (unpaired) electrons. The molecule has 0 bridgehead atoms. The van der Waals surface area contributed by atoms with Gasteiger partial charge in [-0.15, -0.1) is 0 Å². The summed E-state index contributed by atoms with van der Waals surface area (Å²) in [5.41, 5.74) is 1.17. The van der Waals surface area contributed by atoms with E-state index in [1.807, 2.05) is 6.92 Å². The normalized spacial score (nSPS) is 10.5. The lowest BCUT2D eigenvalue weighted by Crippen LogP contribution is -3.00. The van der Waals surface area contributed by atoms with Crippen molar-refractivity contribution in [3.63, 3.8) is 0 Å². The van der Waals surface area contributed by atoms with Gasteiger partial charge in [-0.2, -0.15) is 4.37 Å². The highest BCUT2D eigenvalue weighted by molar-refractivity contribution is 7.09. The molecule has 2 rings (SSSR count). The molecule has 0 aliphatic rings. The van der Waals surface area contributed by atoms with Gasteiger partial charge in [-0.05, 0) is 30.9 Å². The summed E-state index contributed by atoms with van der Waals surface area (Å²) in [4.78, 5) is 4.46. The van der Waals surface area contributed by atoms with Gasteiger partial charge in [0.1, 0.15) is 17.4 Å². The molecule has 0 saturated heterocycles. The molecule has 3 nitrogen and oxygen atoms in total. The summed E-state index contributed by atoms with van der Waals surface area (Å²) in [7, 11) is 0. The van der Waals surface area contributed by atoms with Gasteiger partial charge < -0.3 is 17.0 Å². The number of rotatable bonds is 10. The molecule has 0 saturated carbocycles. The molecule has 0 spiro atoms. The lowest BCUT2D eigenvalue weighted by atomic mass is 10.1. The Kier molecular flexibility index (Phi) is 10.3. The molecule has 2 heterocycles. The SMILES string of the molecule is CCCCCCCCCC[n+]1cccc(-c2nc(C)ns2)c1.[Br-]. The van der Waals surface area contributed by atoms with Crippen molar-refractivity contribution in [3.8, 4) is 10.6 Å². The molecular formula is C18H28BrN3S. The Morgan fingerprint density at radius 3 is 2.39 bits per heavy atom. The van der Waals surface area contributed by atoms with E-state index in [-0.39, 0.29) is 17.0 Å². The Morgan fingerprint density at radius 1 is 1.04 bits per heavy atom. The van der Waals surface area contributed by atoms with Crippen molar-refractivity contribution >= 4 is 11.5 Å². The molecule has 0 aliphatic carbocycles. The van der Waals surface area contributed by atoms with Crippen molar-refractivity contribution in [3.05, 3.63) is 30.4 Å². The zero-order chi connectivity index (χ0) is 15.6. The van der Waals surface area contributed by atoms with Crippen LogP contribution in [-0.2, 0) is 6.54 Å². The van der Waals surface area contributed by atoms with Crippen LogP contribution in [0.1, 0.15) is 64.1 Å². The molecular weight excluding hydrogens is 370 g/mol. The van der Waals surface area contributed by atoms with Crippen molar-refractivity contribution in [2.45, 2.75) is 71.8 Å². The van der Waals surface area contributed by atoms with Crippen LogP contribution in [0.15, 0.2) is 24.5 Å². The smallest absolute Gasteiger partial charge is 0.179 e. The molecule has 0 aliphatic heterocycles. The second-order valence-corrected chi connectivity index (χ2v) is 6.70. The van der Waals surface area contributed by atoms with E-state index in [0.29, 0.717) is 0 Å². The van der Waals surface area contributed by atoms with Crippen LogP contribution in [0.5, 0.6) is 0 Å². The molecule has 0 atom stereocenters. The molecule has 128 valence electrons. The van der Waals surface area contributed by atoms with E-state index in [0.717, 1.165) is 17.4 Å². The van der Waals surface area contributed by atoms with Crippen LogP contribution in [0, 0.1) is 6.92 Å². The van der Waals surface area contributed by atoms with Gasteiger partial charge in [0.2, 0.25) is 0 Å². The fraction of sp³-hybridized carbons (Fsp3) is 0.611. The summed E-state index contributed by atoms with van der Waals surface area (Å²) in [6.45, 7) is 5.31. The highest BCUT2D eigenvalue weighted by atomic mass is 79.9. The maximum Gasteiger partial charge on any atom is 0.179 e. The quantitative estimate of drug-likeness (QED) is 0.452. The second-order valence-electron chi connectivity index (χ2n) is 5.95. The fourth-order valence-corrected chi connectivity index (χ4v) is 3.29. The van der Waals surface area contributed by atoms with Gasteiger partial charge in [0.05, 0.1) is 5.56 Å². The van der Waals surface area contributed by atoms with Crippen LogP contribution in [0.3, 0.4) is 0 Å². The van der Waals surface area contributed by atoms with Crippen LogP contribution in [0.25, 0.3) is 10.6 Å². The van der Waals surface area contributed by atoms with Gasteiger partial charge in [0.25, 0.3) is 0 Å². The largest absolute Gasteiger partial charge is 1.00 e. The topological polar surface area (TPSA) is 29.7 Å². The van der Waals surface area contributed by atoms with Gasteiger partial charge in [0.15, 0.2) is 12.4 Å². The number of aryl methyl sites for hydroxylation is 2. The summed E-state index contributed by atoms with van der Waals surface area (Å²) in [6.07, 6.45) is 15.3. The first-order valence-electron chi connectivity index (χ1n) is 8.59. The average Bonchev–Trinajstić information content (AvgIpc) is 2.97. The van der Waals surface area contributed by atoms with Crippen molar-refractivity contribution in [2.75, 3.05) is 0 Å². The number of nitrogens with zero attached hydrogens (tertiary/aromatic N) is 3. The molecule has 5 heteroatoms. The number of aromatic nitrogens is 3. The van der Waals surface area contributed by atoms with E-state index in [1.165, 1.54) is 68.5 Å². The predicted octanol–water partition coefficient (Wildman–Crippen LogP) is 1.95. The standard InChI is InChI=1S/C18H28N3S.BrH/c1-3-4-5-6-7-8-9-10-13-21-14-11-12-17(15-21)18-19-16(2)20-22-18;/h11-12,14-15H,3-10,13H2,1-2H3;1H/q+1;/p-1. The van der Waals surface area contributed by atoms with Crippen molar-refractivity contribution in [2.24, 2.45) is 0 Å². The van der Waals surface area contributed by atoms with Crippen LogP contribution in [0.4, 0.5) is 0 Å². The number of hydrogen-bond donors (Lipinski definition) is 0. The Balaban J connectivity index is 0.00000264. The Hall–Kier alpha value is -0.810. The molecule has 23 heavy (non-hydrogen) atoms. The summed E-state index contributed by atoms with van der Waals surface area (Å²) >= 11 is 1.48. The van der Waals surface area contributed by atoms with Gasteiger partial charge in [0, 0.05) is 12.5 Å². The van der Waals surface area contributed by atoms with Crippen molar-refractivity contribution < 1.29 is 21.5 Å². The lowest BCUT2D eigenvalue weighted by Gasteiger charge is -2.01. The summed E-state index contributed by atoms with van der Waals surface area (Å²) in [5.74, 6) is 0.860. The van der Waals surface area contributed by atoms with Crippen molar-refractivity contribution in [1.29, 1.82) is 0 Å². The Morgan fingerprint density at radius 2 is 1.74 bits per heavy atom. The first-order valence-corrected chi connectivity index (χ1v) is 9.36. The first kappa shape index (κ1) is 20.2. The molecule has 2 aromatic heterocycles. The maximum atomic E-state index is 4.46. The highest BCUT2D eigenvalue weighted by Gasteiger charge is 2.08. The van der Waals surface area contributed by atoms with E-state index in [1.54, 1.807) is 0 Å². The van der Waals surface area contributed by atoms with E-state index >= 15 is 0 Å². The van der Waals surface area contributed by atoms with E-state index < -0.39 is 0 Å². The molecule has 0 fully saturated rings. The zero-order valence-corrected chi connectivity index (χ0v) is 16.7. The minimum atomic E-state index is 0. The third-order valence-corrected chi connectivity index (χ3v) is 4.76. The summed E-state index contributed by atoms with van der Waals surface area (Å²) in [5, 5.41) is 1.02. The highest BCUT2D eigenvalue weighted by Crippen LogP contribution is 2.19. The van der Waals surface area contributed by atoms with E-state index in [9.17, 15) is 0 Å². The lowest BCUT2D eigenvalue weighted by molar-refractivity contribution is -0.696. The number of halogens is 1. The molecule has 0 N–H and O–H groups in total. The van der Waals surface area contributed by atoms with E-state index in [2.05, 4.69) is 45.4 Å². The molecule has 0 aromatic carbocycles. The predicted molar refractivity (Wildman–Crippen MR) is 92.9 cm³/mol. The van der Waals surface area contributed by atoms with Crippen LogP contribution < -0.4 is 21.5 Å². The Bertz CT molecular complexity index is 557. The third-order valence-electron chi connectivity index (χ3n) is 3.90. The number of hydrogen-bond acceptors (Lipinski definition) is 3. The molecule has 2 aromatic rings. The van der Waals surface area contributed by atoms with Crippen LogP contribution in [-0.4, -0.2) is 9.36 Å². The average molecular weight is 398 g/mol. The van der Waals surface area contributed by atoms with Gasteiger partial charge in [-0.1, -0.05) is 45.4 Å². The van der Waals surface area contributed by atoms with Crippen molar-refractivity contribution in [1.82, 2.24) is 9.36 Å². The zero-order valence-electron chi connectivity index (χ0n) is 14.3. The maximum absolute atomic E-state index is 4.46. The van der Waals surface area contributed by atoms with E-state index in [4.69, 9.17) is 0 Å². The molecule has 0 unspecified atom stereocenters. The third kappa shape index (κ3) is 7.53. The first-order chi connectivity index (χ1) is 10.8. The second kappa shape index (κ2) is 11.7. The number of pyridine rings is 1. The van der Waals surface area contributed by atoms with Gasteiger partial charge >= 0.3 is 0 Å². The minimum absolute atomic E-state index is 0. The number of unbranched alkanes of at least 4 members (excludes halogenated alkanes) is 7.